The van der Waals surface area contributed by atoms with Crippen LogP contribution in [0.3, 0.4) is 0 Å². The fourth-order valence-electron chi connectivity index (χ4n) is 16.9. The van der Waals surface area contributed by atoms with Crippen LogP contribution in [0.15, 0.2) is 319 Å². The van der Waals surface area contributed by atoms with E-state index >= 15 is 19.2 Å². The van der Waals surface area contributed by atoms with Crippen LogP contribution < -0.4 is 0 Å². The SMILES string of the molecule is COC(=O)C1O[C@@H](O[C@H]2C(CO)O[C@@H](O[C@H]3C(C(=O)OC)O[C@@H](O[C@H]4C(COC(=O)c5ccccc5)O[C@@H](OC)C(N=[N+]=[N-])[C@H]4OCc4ccccc4)C(OC(=O)c4ccccc4)[C@@H]3OCc3ccccc3)C(N=[N+]=[N-])[C@H]2OC(=O)c2ccccc2)C(OCc2ccccc2)[C@@H](OCc2ccccc2)[C@H]1O[C@@H]1OC(COC(=O)c2ccccc2)[C@H](OCc2ccccc2)[C@H](OCc2ccccc2)C1N=[N+]=[N-]. The number of carbonyl (C=O) groups is 6. The van der Waals surface area contributed by atoms with Gasteiger partial charge in [0.2, 0.25) is 0 Å². The molecule has 0 amide bonds. The molecule has 25 atom stereocenters. The lowest BCUT2D eigenvalue weighted by Gasteiger charge is -2.51. The number of rotatable bonds is 43. The van der Waals surface area contributed by atoms with Crippen molar-refractivity contribution in [2.24, 2.45) is 15.3 Å². The molecule has 0 saturated carbocycles. The third kappa shape index (κ3) is 26.5. The van der Waals surface area contributed by atoms with E-state index in [4.69, 9.17) is 104 Å². The van der Waals surface area contributed by atoms with Crippen molar-refractivity contribution in [3.05, 3.63) is 390 Å². The van der Waals surface area contributed by atoms with E-state index in [-0.39, 0.29) is 55.3 Å². The number of methoxy groups -OCH3 is 3. The van der Waals surface area contributed by atoms with Crippen molar-refractivity contribution in [2.75, 3.05) is 41.2 Å². The zero-order valence-corrected chi connectivity index (χ0v) is 76.6. The van der Waals surface area contributed by atoms with Crippen molar-refractivity contribution in [3.63, 3.8) is 0 Å². The van der Waals surface area contributed by atoms with Gasteiger partial charge < -0.3 is 109 Å². The van der Waals surface area contributed by atoms with Gasteiger partial charge >= 0.3 is 35.8 Å². The number of nitrogens with zero attached hydrogens (tertiary/aromatic N) is 9. The predicted molar refractivity (Wildman–Crippen MR) is 495 cm³/mol. The predicted octanol–water partition coefficient (Wildman–Crippen LogP) is 13.9. The van der Waals surface area contributed by atoms with Crippen LogP contribution >= 0.6 is 0 Å². The van der Waals surface area contributed by atoms with Crippen LogP contribution in [0.2, 0.25) is 0 Å². The molecule has 5 saturated heterocycles. The number of ether oxygens (including phenoxy) is 22. The molecule has 0 spiro atoms. The van der Waals surface area contributed by atoms with Gasteiger partial charge in [-0.05, 0) is 98.5 Å². The van der Waals surface area contributed by atoms with Crippen LogP contribution in [0.5, 0.6) is 0 Å². The topological polar surface area (TPSA) is 472 Å². The zero-order valence-electron chi connectivity index (χ0n) is 76.6. The lowest BCUT2D eigenvalue weighted by molar-refractivity contribution is -0.381. The average Bonchev–Trinajstić information content (AvgIpc) is 0.752. The van der Waals surface area contributed by atoms with E-state index < -0.39 is 216 Å². The molecule has 0 aliphatic carbocycles. The van der Waals surface area contributed by atoms with Gasteiger partial charge in [0.25, 0.3) is 0 Å². The monoisotopic (exact) mass is 1930 g/mol. The molecule has 38 nitrogen and oxygen atoms in total. The van der Waals surface area contributed by atoms with E-state index in [2.05, 4.69) is 30.1 Å². The van der Waals surface area contributed by atoms with Crippen molar-refractivity contribution < 1.29 is 138 Å². The minimum absolute atomic E-state index is 0.0417. The van der Waals surface area contributed by atoms with Crippen molar-refractivity contribution in [1.82, 2.24) is 0 Å². The maximum Gasteiger partial charge on any atom is 0.338 e. The van der Waals surface area contributed by atoms with Gasteiger partial charge in [0, 0.05) is 21.8 Å². The first kappa shape index (κ1) is 102. The van der Waals surface area contributed by atoms with Crippen LogP contribution in [-0.4, -0.2) is 235 Å². The summed E-state index contributed by atoms with van der Waals surface area (Å²) in [7, 11) is 3.36. The van der Waals surface area contributed by atoms with Crippen LogP contribution in [0.25, 0.3) is 31.3 Å². The Morgan fingerprint density at radius 2 is 0.546 bits per heavy atom. The highest BCUT2D eigenvalue weighted by Gasteiger charge is 2.62. The highest BCUT2D eigenvalue weighted by Crippen LogP contribution is 2.43. The molecule has 0 radical (unpaired) electrons. The Bertz CT molecular complexity index is 5790. The van der Waals surface area contributed by atoms with E-state index in [1.54, 1.807) is 206 Å². The molecule has 141 heavy (non-hydrogen) atoms. The quantitative estimate of drug-likeness (QED) is 0.0122. The molecule has 10 aromatic rings. The summed E-state index contributed by atoms with van der Waals surface area (Å²) < 4.78 is 147. The molecule has 734 valence electrons. The van der Waals surface area contributed by atoms with Crippen LogP contribution in [-0.2, 0) is 153 Å². The molecule has 5 heterocycles. The second-order valence-corrected chi connectivity index (χ2v) is 32.9. The van der Waals surface area contributed by atoms with Gasteiger partial charge in [-0.15, -0.1) is 0 Å². The van der Waals surface area contributed by atoms with E-state index in [0.717, 1.165) is 14.2 Å². The number of carbonyl (C=O) groups excluding carboxylic acids is 6. The number of hydrogen-bond donors (Lipinski definition) is 1. The van der Waals surface area contributed by atoms with Crippen molar-refractivity contribution in [2.45, 2.75) is 193 Å². The second kappa shape index (κ2) is 51.4. The molecule has 1 N–H and O–H groups in total. The summed E-state index contributed by atoms with van der Waals surface area (Å²) in [5, 5.41) is 25.0. The molecule has 5 aliphatic heterocycles. The summed E-state index contributed by atoms with van der Waals surface area (Å²) in [5.41, 5.74) is 36.1. The van der Waals surface area contributed by atoms with E-state index in [9.17, 15) is 31.3 Å². The van der Waals surface area contributed by atoms with Crippen molar-refractivity contribution >= 4 is 35.8 Å². The Labute approximate surface area is 809 Å². The molecular weight excluding hydrogens is 1830 g/mol. The Kier molecular flexibility index (Phi) is 37.1. The van der Waals surface area contributed by atoms with Crippen LogP contribution in [0.1, 0.15) is 74.8 Å². The summed E-state index contributed by atoms with van der Waals surface area (Å²) >= 11 is 0. The summed E-state index contributed by atoms with van der Waals surface area (Å²) in [4.78, 5) is 99.4. The van der Waals surface area contributed by atoms with Crippen LogP contribution in [0.4, 0.5) is 0 Å². The number of aliphatic hydroxyl groups excluding tert-OH is 1. The lowest BCUT2D eigenvalue weighted by atomic mass is 9.93. The molecular formula is C103H103N9O29. The van der Waals surface area contributed by atoms with Crippen LogP contribution in [0, 0.1) is 0 Å². The normalized spacial score (nSPS) is 27.4. The van der Waals surface area contributed by atoms with Gasteiger partial charge in [0.1, 0.15) is 117 Å². The largest absolute Gasteiger partial charge is 0.467 e. The number of benzene rings is 10. The third-order valence-corrected chi connectivity index (χ3v) is 23.8. The smallest absolute Gasteiger partial charge is 0.338 e. The van der Waals surface area contributed by atoms with Gasteiger partial charge in [-0.2, -0.15) is 0 Å². The number of hydrogen-bond acceptors (Lipinski definition) is 32. The Morgan fingerprint density at radius 1 is 0.284 bits per heavy atom. The van der Waals surface area contributed by atoms with Gasteiger partial charge in [0.05, 0.1) is 82.7 Å². The first-order valence-corrected chi connectivity index (χ1v) is 45.3. The summed E-state index contributed by atoms with van der Waals surface area (Å²) in [6.07, 6.45) is -39.9. The second-order valence-electron chi connectivity index (χ2n) is 32.9. The lowest BCUT2D eigenvalue weighted by Crippen LogP contribution is -2.69. The minimum Gasteiger partial charge on any atom is -0.467 e. The fourth-order valence-corrected chi connectivity index (χ4v) is 16.9. The zero-order chi connectivity index (χ0) is 98.2. The Morgan fingerprint density at radius 3 is 0.894 bits per heavy atom. The van der Waals surface area contributed by atoms with Gasteiger partial charge in [-0.25, -0.2) is 28.8 Å². The average molecular weight is 1930 g/mol. The highest BCUT2D eigenvalue weighted by molar-refractivity contribution is 5.91. The molecule has 10 unspecified atom stereocenters. The molecule has 38 heteroatoms. The summed E-state index contributed by atoms with van der Waals surface area (Å²) in [5.74, 6) is -6.13. The van der Waals surface area contributed by atoms with E-state index in [1.807, 2.05) is 48.5 Å². The molecule has 0 bridgehead atoms. The Hall–Kier alpha value is -13.7. The standard InChI is InChI=1S/C103H103N9O29/c1-120-97(118)89-87(138-100-77(108-111-105)82(124-56-64-36-16-5-17-37-64)79(123-55-63-34-14-4-15-35-63)74(133-100)61-129-93(114)69-46-26-10-27-47-69)85(126-58-66-40-20-7-21-41-66)91(128-60-68-44-24-9-25-45-68)102(140-89)136-80-73(54-113)131-101(78(109-112-106)84(80)134-95(116)71-50-30-12-31-51-71)139-88-86(127-59-67-42-22-8-23-43-67)92(135-96(117)72-52-32-13-33-53-72)103(141-90(88)98(119)121-2)137-81-75(62-130-94(115)70-48-28-11-29-49-70)132-99(122-3)76(107-110-104)83(81)125-57-65-38-18-6-19-39-65/h4-53,73-92,99-103,113H,54-62H2,1-3H3/t73?,74?,75?,76?,77?,78?,79-,80-,81-,82+,83+,84+,85-,86+,87+,88+,89?,90?,91?,92?,99+,100-,101-,102+,103+/m0/s1. The van der Waals surface area contributed by atoms with Gasteiger partial charge in [0.15, 0.2) is 49.8 Å². The number of esters is 6. The van der Waals surface area contributed by atoms with Crippen molar-refractivity contribution in [1.29, 1.82) is 0 Å². The number of azide groups is 3. The molecule has 5 fully saturated rings. The maximum atomic E-state index is 15.4. The first-order chi connectivity index (χ1) is 69.1. The van der Waals surface area contributed by atoms with Gasteiger partial charge in [-0.1, -0.05) is 270 Å². The maximum absolute atomic E-state index is 15.4. The summed E-state index contributed by atoms with van der Waals surface area (Å²) in [6.45, 7) is -3.74. The minimum atomic E-state index is -2.21. The molecule has 15 rings (SSSR count). The fraction of sp³-hybridized carbons (Fsp3) is 0.359. The molecule has 5 aliphatic rings. The first-order valence-electron chi connectivity index (χ1n) is 45.3. The van der Waals surface area contributed by atoms with E-state index in [1.165, 1.54) is 55.6 Å². The highest BCUT2D eigenvalue weighted by atomic mass is 16.8. The molecule has 0 aromatic heterocycles. The van der Waals surface area contributed by atoms with Gasteiger partial charge in [-0.3, -0.25) is 0 Å². The number of aliphatic hydroxyl groups is 1. The Balaban J connectivity index is 0.837. The summed E-state index contributed by atoms with van der Waals surface area (Å²) in [6, 6.07) is 79.4. The van der Waals surface area contributed by atoms with Crippen molar-refractivity contribution in [3.8, 4) is 0 Å². The van der Waals surface area contributed by atoms with E-state index in [0.29, 0.717) is 33.4 Å². The molecule has 10 aromatic carbocycles. The third-order valence-electron chi connectivity index (χ3n) is 23.8.